The van der Waals surface area contributed by atoms with E-state index in [0.717, 1.165) is 23.7 Å². The monoisotopic (exact) mass is 311 g/mol. The number of carbonyl (C=O) groups is 1. The van der Waals surface area contributed by atoms with Crippen LogP contribution in [0.1, 0.15) is 44.0 Å². The zero-order chi connectivity index (χ0) is 15.4. The number of nitrogens with two attached hydrogens (primary N) is 1. The SMILES string of the molecule is CCOC(C)c1nc(CC(=O)N2CC(CN)CC2C)cs1. The number of rotatable bonds is 6. The van der Waals surface area contributed by atoms with Crippen molar-refractivity contribution in [2.45, 2.75) is 45.8 Å². The molecule has 0 saturated carbocycles. The lowest BCUT2D eigenvalue weighted by Gasteiger charge is -2.21. The van der Waals surface area contributed by atoms with Crippen LogP contribution < -0.4 is 5.73 Å². The van der Waals surface area contributed by atoms with E-state index in [1.807, 2.05) is 24.1 Å². The van der Waals surface area contributed by atoms with Gasteiger partial charge in [-0.15, -0.1) is 11.3 Å². The van der Waals surface area contributed by atoms with E-state index in [4.69, 9.17) is 10.5 Å². The Morgan fingerprint density at radius 2 is 2.43 bits per heavy atom. The van der Waals surface area contributed by atoms with Gasteiger partial charge in [0.2, 0.25) is 5.91 Å². The third-order valence-corrected chi connectivity index (χ3v) is 5.04. The zero-order valence-electron chi connectivity index (χ0n) is 13.0. The molecule has 1 saturated heterocycles. The summed E-state index contributed by atoms with van der Waals surface area (Å²) in [5.74, 6) is 0.590. The van der Waals surface area contributed by atoms with Crippen LogP contribution in [0.2, 0.25) is 0 Å². The van der Waals surface area contributed by atoms with Crippen molar-refractivity contribution in [2.75, 3.05) is 19.7 Å². The van der Waals surface area contributed by atoms with Gasteiger partial charge >= 0.3 is 0 Å². The lowest BCUT2D eigenvalue weighted by Crippen LogP contribution is -2.35. The molecule has 1 aliphatic rings. The Morgan fingerprint density at radius 1 is 1.67 bits per heavy atom. The largest absolute Gasteiger partial charge is 0.372 e. The topological polar surface area (TPSA) is 68.5 Å². The second kappa shape index (κ2) is 7.33. The smallest absolute Gasteiger partial charge is 0.228 e. The quantitative estimate of drug-likeness (QED) is 0.872. The minimum atomic E-state index is -0.00353. The van der Waals surface area contributed by atoms with E-state index in [-0.39, 0.29) is 18.1 Å². The molecule has 0 aromatic carbocycles. The summed E-state index contributed by atoms with van der Waals surface area (Å²) in [5.41, 5.74) is 6.56. The fraction of sp³-hybridized carbons (Fsp3) is 0.733. The van der Waals surface area contributed by atoms with Crippen molar-refractivity contribution in [3.05, 3.63) is 16.1 Å². The lowest BCUT2D eigenvalue weighted by molar-refractivity contribution is -0.131. The molecule has 1 aliphatic heterocycles. The highest BCUT2D eigenvalue weighted by Crippen LogP contribution is 2.25. The summed E-state index contributed by atoms with van der Waals surface area (Å²) in [6.07, 6.45) is 1.37. The highest BCUT2D eigenvalue weighted by Gasteiger charge is 2.31. The van der Waals surface area contributed by atoms with Crippen LogP contribution in [0.3, 0.4) is 0 Å². The van der Waals surface area contributed by atoms with Crippen molar-refractivity contribution in [1.29, 1.82) is 0 Å². The molecule has 3 unspecified atom stereocenters. The number of ether oxygens (including phenoxy) is 1. The van der Waals surface area contributed by atoms with Crippen molar-refractivity contribution >= 4 is 17.2 Å². The van der Waals surface area contributed by atoms with Gasteiger partial charge in [-0.3, -0.25) is 4.79 Å². The average molecular weight is 311 g/mol. The Hall–Kier alpha value is -0.980. The summed E-state index contributed by atoms with van der Waals surface area (Å²) in [7, 11) is 0. The van der Waals surface area contributed by atoms with Crippen LogP contribution in [0.25, 0.3) is 0 Å². The van der Waals surface area contributed by atoms with E-state index in [1.54, 1.807) is 11.3 Å². The summed E-state index contributed by atoms with van der Waals surface area (Å²) in [4.78, 5) is 18.9. The van der Waals surface area contributed by atoms with Crippen LogP contribution in [0.4, 0.5) is 0 Å². The van der Waals surface area contributed by atoms with Crippen LogP contribution in [0.5, 0.6) is 0 Å². The standard InChI is InChI=1S/C15H25N3O2S/c1-4-20-11(3)15-17-13(9-21-15)6-14(19)18-8-12(7-16)5-10(18)2/h9-12H,4-8,16H2,1-3H3. The van der Waals surface area contributed by atoms with Gasteiger partial charge in [0.1, 0.15) is 11.1 Å². The van der Waals surface area contributed by atoms with Gasteiger partial charge in [0.15, 0.2) is 0 Å². The van der Waals surface area contributed by atoms with E-state index in [1.165, 1.54) is 0 Å². The second-order valence-corrected chi connectivity index (χ2v) is 6.57. The molecular formula is C15H25N3O2S. The first-order chi connectivity index (χ1) is 10.0. The molecular weight excluding hydrogens is 286 g/mol. The fourth-order valence-corrected chi connectivity index (χ4v) is 3.65. The Balaban J connectivity index is 1.94. The third-order valence-electron chi connectivity index (χ3n) is 3.98. The maximum Gasteiger partial charge on any atom is 0.228 e. The minimum absolute atomic E-state index is 0.00353. The Kier molecular flexibility index (Phi) is 5.72. The Morgan fingerprint density at radius 3 is 3.05 bits per heavy atom. The molecule has 1 amide bonds. The van der Waals surface area contributed by atoms with E-state index >= 15 is 0 Å². The maximum atomic E-state index is 12.4. The number of thiazole rings is 1. The molecule has 3 atom stereocenters. The molecule has 118 valence electrons. The van der Waals surface area contributed by atoms with Gasteiger partial charge in [-0.1, -0.05) is 0 Å². The first kappa shape index (κ1) is 16.4. The number of hydrogen-bond acceptors (Lipinski definition) is 5. The molecule has 5 nitrogen and oxygen atoms in total. The molecule has 0 bridgehead atoms. The summed E-state index contributed by atoms with van der Waals surface area (Å²) < 4.78 is 5.53. The fourth-order valence-electron chi connectivity index (χ4n) is 2.83. The van der Waals surface area contributed by atoms with Gasteiger partial charge < -0.3 is 15.4 Å². The number of amides is 1. The molecule has 0 radical (unpaired) electrons. The molecule has 0 aliphatic carbocycles. The summed E-state index contributed by atoms with van der Waals surface area (Å²) in [6, 6.07) is 0.284. The van der Waals surface area contributed by atoms with Crippen LogP contribution in [-0.2, 0) is 16.0 Å². The third kappa shape index (κ3) is 4.02. The number of likely N-dealkylation sites (tertiary alicyclic amines) is 1. The first-order valence-corrected chi connectivity index (χ1v) is 8.48. The van der Waals surface area contributed by atoms with Crippen molar-refractivity contribution < 1.29 is 9.53 Å². The predicted molar refractivity (Wildman–Crippen MR) is 84.2 cm³/mol. The lowest BCUT2D eigenvalue weighted by atomic mass is 10.1. The molecule has 2 N–H and O–H groups in total. The maximum absolute atomic E-state index is 12.4. The Bertz CT molecular complexity index is 477. The second-order valence-electron chi connectivity index (χ2n) is 5.68. The molecule has 21 heavy (non-hydrogen) atoms. The molecule has 0 spiro atoms. The van der Waals surface area contributed by atoms with Gasteiger partial charge in [0.05, 0.1) is 12.1 Å². The van der Waals surface area contributed by atoms with E-state index in [2.05, 4.69) is 11.9 Å². The van der Waals surface area contributed by atoms with E-state index in [9.17, 15) is 4.79 Å². The van der Waals surface area contributed by atoms with Gasteiger partial charge in [0, 0.05) is 24.6 Å². The van der Waals surface area contributed by atoms with Gasteiger partial charge in [-0.2, -0.15) is 0 Å². The molecule has 1 aromatic heterocycles. The van der Waals surface area contributed by atoms with Crippen molar-refractivity contribution in [3.63, 3.8) is 0 Å². The van der Waals surface area contributed by atoms with Crippen LogP contribution in [0.15, 0.2) is 5.38 Å². The van der Waals surface area contributed by atoms with E-state index < -0.39 is 0 Å². The molecule has 2 heterocycles. The highest BCUT2D eigenvalue weighted by atomic mass is 32.1. The summed E-state index contributed by atoms with van der Waals surface area (Å²) >= 11 is 1.56. The first-order valence-electron chi connectivity index (χ1n) is 7.60. The van der Waals surface area contributed by atoms with Crippen LogP contribution >= 0.6 is 11.3 Å². The van der Waals surface area contributed by atoms with Gasteiger partial charge in [0.25, 0.3) is 0 Å². The molecule has 2 rings (SSSR count). The minimum Gasteiger partial charge on any atom is -0.372 e. The zero-order valence-corrected chi connectivity index (χ0v) is 13.9. The number of hydrogen-bond donors (Lipinski definition) is 1. The number of carbonyl (C=O) groups excluding carboxylic acids is 1. The predicted octanol–water partition coefficient (Wildman–Crippen LogP) is 1.98. The highest BCUT2D eigenvalue weighted by molar-refractivity contribution is 7.09. The van der Waals surface area contributed by atoms with Crippen molar-refractivity contribution in [1.82, 2.24) is 9.88 Å². The number of nitrogens with zero attached hydrogens (tertiary/aromatic N) is 2. The molecule has 6 heteroatoms. The average Bonchev–Trinajstić information content (AvgIpc) is 3.05. The van der Waals surface area contributed by atoms with Gasteiger partial charge in [-0.05, 0) is 39.7 Å². The number of aromatic nitrogens is 1. The molecule has 1 aromatic rings. The summed E-state index contributed by atoms with van der Waals surface area (Å²) in [5, 5.41) is 2.90. The normalized spacial score (nSPS) is 23.5. The Labute approximate surface area is 130 Å². The van der Waals surface area contributed by atoms with Crippen molar-refractivity contribution in [3.8, 4) is 0 Å². The molecule has 1 fully saturated rings. The van der Waals surface area contributed by atoms with E-state index in [0.29, 0.717) is 25.5 Å². The van der Waals surface area contributed by atoms with Crippen LogP contribution in [-0.4, -0.2) is 41.5 Å². The van der Waals surface area contributed by atoms with Gasteiger partial charge in [-0.25, -0.2) is 4.98 Å². The van der Waals surface area contributed by atoms with Crippen molar-refractivity contribution in [2.24, 2.45) is 11.7 Å². The van der Waals surface area contributed by atoms with Crippen LogP contribution in [0, 0.1) is 5.92 Å². The summed E-state index contributed by atoms with van der Waals surface area (Å²) in [6.45, 7) is 8.15.